The SMILES string of the molecule is COc1ccc(CCS(=O)(=O)C2CCCNC2)cc1. The van der Waals surface area contributed by atoms with Crippen molar-refractivity contribution in [3.05, 3.63) is 29.8 Å². The summed E-state index contributed by atoms with van der Waals surface area (Å²) in [6.45, 7) is 1.54. The van der Waals surface area contributed by atoms with Crippen LogP contribution in [0.5, 0.6) is 5.75 Å². The Bertz CT molecular complexity index is 490. The number of nitrogens with one attached hydrogen (secondary N) is 1. The van der Waals surface area contributed by atoms with Crippen LogP contribution in [0, 0.1) is 0 Å². The van der Waals surface area contributed by atoms with E-state index in [0.717, 1.165) is 30.7 Å². The standard InChI is InChI=1S/C14H21NO3S/c1-18-13-6-4-12(5-7-13)8-10-19(16,17)14-3-2-9-15-11-14/h4-7,14-15H,2-3,8-11H2,1H3. The molecule has 1 aliphatic heterocycles. The highest BCUT2D eigenvalue weighted by Crippen LogP contribution is 2.16. The van der Waals surface area contributed by atoms with E-state index in [1.807, 2.05) is 24.3 Å². The Labute approximate surface area is 115 Å². The second kappa shape index (κ2) is 6.39. The van der Waals surface area contributed by atoms with E-state index in [-0.39, 0.29) is 11.0 Å². The Morgan fingerprint density at radius 2 is 2.05 bits per heavy atom. The van der Waals surface area contributed by atoms with Crippen LogP contribution < -0.4 is 10.1 Å². The average Bonchev–Trinajstić information content (AvgIpc) is 2.47. The number of methoxy groups -OCH3 is 1. The van der Waals surface area contributed by atoms with Crippen LogP contribution in [0.3, 0.4) is 0 Å². The van der Waals surface area contributed by atoms with Gasteiger partial charge in [-0.3, -0.25) is 0 Å². The summed E-state index contributed by atoms with van der Waals surface area (Å²) >= 11 is 0. The fraction of sp³-hybridized carbons (Fsp3) is 0.571. The predicted octanol–water partition coefficient (Wildman–Crippen LogP) is 1.40. The summed E-state index contributed by atoms with van der Waals surface area (Å²) in [7, 11) is -1.37. The summed E-state index contributed by atoms with van der Waals surface area (Å²) in [6, 6.07) is 7.58. The molecule has 2 rings (SSSR count). The highest BCUT2D eigenvalue weighted by Gasteiger charge is 2.26. The molecule has 19 heavy (non-hydrogen) atoms. The van der Waals surface area contributed by atoms with Gasteiger partial charge in [-0.15, -0.1) is 0 Å². The molecule has 0 spiro atoms. The summed E-state index contributed by atoms with van der Waals surface area (Å²) in [5, 5.41) is 2.95. The zero-order chi connectivity index (χ0) is 13.7. The molecule has 1 atom stereocenters. The third-order valence-corrected chi connectivity index (χ3v) is 5.79. The molecular weight excluding hydrogens is 262 g/mol. The van der Waals surface area contributed by atoms with Crippen molar-refractivity contribution < 1.29 is 13.2 Å². The minimum Gasteiger partial charge on any atom is -0.497 e. The quantitative estimate of drug-likeness (QED) is 0.887. The fourth-order valence-electron chi connectivity index (χ4n) is 2.35. The van der Waals surface area contributed by atoms with Crippen molar-refractivity contribution in [1.29, 1.82) is 0 Å². The zero-order valence-electron chi connectivity index (χ0n) is 11.3. The molecule has 1 aliphatic rings. The molecule has 1 aromatic rings. The molecule has 4 nitrogen and oxygen atoms in total. The number of ether oxygens (including phenoxy) is 1. The molecule has 0 aromatic heterocycles. The number of aryl methyl sites for hydroxylation is 1. The van der Waals surface area contributed by atoms with E-state index in [9.17, 15) is 8.42 Å². The van der Waals surface area contributed by atoms with Crippen LogP contribution in [-0.4, -0.2) is 39.6 Å². The smallest absolute Gasteiger partial charge is 0.154 e. The number of hydrogen-bond donors (Lipinski definition) is 1. The van der Waals surface area contributed by atoms with E-state index in [0.29, 0.717) is 13.0 Å². The van der Waals surface area contributed by atoms with Crippen LogP contribution in [0.4, 0.5) is 0 Å². The number of rotatable bonds is 5. The lowest BCUT2D eigenvalue weighted by Crippen LogP contribution is -2.40. The normalized spacial score (nSPS) is 20.2. The first kappa shape index (κ1) is 14.3. The van der Waals surface area contributed by atoms with E-state index < -0.39 is 9.84 Å². The number of sulfone groups is 1. The van der Waals surface area contributed by atoms with Crippen molar-refractivity contribution in [2.24, 2.45) is 0 Å². The van der Waals surface area contributed by atoms with Crippen LogP contribution in [-0.2, 0) is 16.3 Å². The molecule has 0 bridgehead atoms. The molecule has 1 aromatic carbocycles. The number of piperidine rings is 1. The average molecular weight is 283 g/mol. The van der Waals surface area contributed by atoms with Crippen LogP contribution in [0.25, 0.3) is 0 Å². The molecule has 1 unspecified atom stereocenters. The third kappa shape index (κ3) is 3.94. The van der Waals surface area contributed by atoms with Gasteiger partial charge in [0.05, 0.1) is 18.1 Å². The number of benzene rings is 1. The van der Waals surface area contributed by atoms with Gasteiger partial charge in [-0.25, -0.2) is 8.42 Å². The Kier molecular flexibility index (Phi) is 4.82. The van der Waals surface area contributed by atoms with Crippen molar-refractivity contribution in [3.63, 3.8) is 0 Å². The molecule has 0 radical (unpaired) electrons. The zero-order valence-corrected chi connectivity index (χ0v) is 12.1. The molecule has 1 N–H and O–H groups in total. The monoisotopic (exact) mass is 283 g/mol. The van der Waals surface area contributed by atoms with Crippen molar-refractivity contribution >= 4 is 9.84 Å². The topological polar surface area (TPSA) is 55.4 Å². The molecule has 1 saturated heterocycles. The first-order valence-corrected chi connectivity index (χ1v) is 8.38. The van der Waals surface area contributed by atoms with Gasteiger partial charge in [0.15, 0.2) is 9.84 Å². The van der Waals surface area contributed by atoms with E-state index in [1.54, 1.807) is 7.11 Å². The largest absolute Gasteiger partial charge is 0.497 e. The van der Waals surface area contributed by atoms with Gasteiger partial charge in [-0.05, 0) is 43.5 Å². The predicted molar refractivity (Wildman–Crippen MR) is 76.4 cm³/mol. The molecule has 0 saturated carbocycles. The Balaban J connectivity index is 1.92. The molecule has 0 amide bonds. The minimum atomic E-state index is -2.99. The maximum atomic E-state index is 12.2. The van der Waals surface area contributed by atoms with Gasteiger partial charge >= 0.3 is 0 Å². The highest BCUT2D eigenvalue weighted by atomic mass is 32.2. The molecule has 1 heterocycles. The molecule has 5 heteroatoms. The molecular formula is C14H21NO3S. The van der Waals surface area contributed by atoms with Gasteiger partial charge in [-0.2, -0.15) is 0 Å². The van der Waals surface area contributed by atoms with Gasteiger partial charge in [0.2, 0.25) is 0 Å². The second-order valence-electron chi connectivity index (χ2n) is 4.93. The van der Waals surface area contributed by atoms with Crippen molar-refractivity contribution in [3.8, 4) is 5.75 Å². The summed E-state index contributed by atoms with van der Waals surface area (Å²) in [5.41, 5.74) is 1.04. The van der Waals surface area contributed by atoms with E-state index in [4.69, 9.17) is 4.74 Å². The number of hydrogen-bond acceptors (Lipinski definition) is 4. The summed E-state index contributed by atoms with van der Waals surface area (Å²) in [4.78, 5) is 0. The lowest BCUT2D eigenvalue weighted by molar-refractivity contribution is 0.414. The minimum absolute atomic E-state index is 0.209. The van der Waals surface area contributed by atoms with Gasteiger partial charge in [0, 0.05) is 6.54 Å². The first-order valence-electron chi connectivity index (χ1n) is 6.67. The summed E-state index contributed by atoms with van der Waals surface area (Å²) in [6.07, 6.45) is 2.31. The third-order valence-electron chi connectivity index (χ3n) is 3.59. The van der Waals surface area contributed by atoms with Crippen molar-refractivity contribution in [2.75, 3.05) is 26.0 Å². The van der Waals surface area contributed by atoms with E-state index in [1.165, 1.54) is 0 Å². The first-order chi connectivity index (χ1) is 9.12. The van der Waals surface area contributed by atoms with Gasteiger partial charge in [0.1, 0.15) is 5.75 Å². The molecule has 1 fully saturated rings. The maximum absolute atomic E-state index is 12.2. The molecule has 0 aliphatic carbocycles. The van der Waals surface area contributed by atoms with E-state index in [2.05, 4.69) is 5.32 Å². The maximum Gasteiger partial charge on any atom is 0.154 e. The Morgan fingerprint density at radius 3 is 2.63 bits per heavy atom. The van der Waals surface area contributed by atoms with Crippen molar-refractivity contribution in [2.45, 2.75) is 24.5 Å². The van der Waals surface area contributed by atoms with Crippen LogP contribution in [0.1, 0.15) is 18.4 Å². The van der Waals surface area contributed by atoms with Crippen LogP contribution >= 0.6 is 0 Å². The van der Waals surface area contributed by atoms with Crippen molar-refractivity contribution in [1.82, 2.24) is 5.32 Å². The lowest BCUT2D eigenvalue weighted by atomic mass is 10.2. The lowest BCUT2D eigenvalue weighted by Gasteiger charge is -2.22. The summed E-state index contributed by atoms with van der Waals surface area (Å²) in [5.74, 6) is 1.02. The fourth-order valence-corrected chi connectivity index (χ4v) is 4.10. The Hall–Kier alpha value is -1.07. The van der Waals surface area contributed by atoms with Crippen LogP contribution in [0.2, 0.25) is 0 Å². The van der Waals surface area contributed by atoms with Gasteiger partial charge in [-0.1, -0.05) is 12.1 Å². The highest BCUT2D eigenvalue weighted by molar-refractivity contribution is 7.92. The Morgan fingerprint density at radius 1 is 1.32 bits per heavy atom. The van der Waals surface area contributed by atoms with Crippen LogP contribution in [0.15, 0.2) is 24.3 Å². The van der Waals surface area contributed by atoms with Gasteiger partial charge < -0.3 is 10.1 Å². The second-order valence-corrected chi connectivity index (χ2v) is 7.33. The summed E-state index contributed by atoms with van der Waals surface area (Å²) < 4.78 is 29.5. The molecule has 106 valence electrons. The van der Waals surface area contributed by atoms with E-state index >= 15 is 0 Å². The van der Waals surface area contributed by atoms with Gasteiger partial charge in [0.25, 0.3) is 0 Å².